The van der Waals surface area contributed by atoms with Gasteiger partial charge in [0.2, 0.25) is 0 Å². The van der Waals surface area contributed by atoms with Crippen molar-refractivity contribution in [3.05, 3.63) is 17.2 Å². The molecule has 0 saturated carbocycles. The van der Waals surface area contributed by atoms with E-state index in [9.17, 15) is 0 Å². The molecule has 1 aromatic heterocycles. The maximum atomic E-state index is 4.94. The van der Waals surface area contributed by atoms with E-state index in [1.54, 1.807) is 0 Å². The predicted octanol–water partition coefficient (Wildman–Crippen LogP) is 3.26. The van der Waals surface area contributed by atoms with Gasteiger partial charge in [-0.3, -0.25) is 0 Å². The minimum atomic E-state index is 0.112. The van der Waals surface area contributed by atoms with Crippen LogP contribution in [0.1, 0.15) is 65.2 Å². The molecular formula is C16H29N3. The summed E-state index contributed by atoms with van der Waals surface area (Å²) < 4.78 is 2.51. The molecule has 0 amide bonds. The van der Waals surface area contributed by atoms with Gasteiger partial charge in [-0.05, 0) is 11.8 Å². The van der Waals surface area contributed by atoms with Gasteiger partial charge in [0, 0.05) is 37.2 Å². The van der Waals surface area contributed by atoms with Crippen LogP contribution in [-0.2, 0) is 24.9 Å². The Kier molecular flexibility index (Phi) is 3.78. The Bertz CT molecular complexity index is 449. The number of nitrogens with zero attached hydrogens (tertiary/aromatic N) is 2. The standard InChI is InChI=1S/C16H29N3/c1-7-16(5,6)11-19-13-8-9-17-10-12(13)18-14(19)15(2,3)4/h17H,7-11H2,1-6H3. The molecule has 19 heavy (non-hydrogen) atoms. The second-order valence-electron chi connectivity index (χ2n) is 7.61. The maximum absolute atomic E-state index is 4.94. The van der Waals surface area contributed by atoms with E-state index < -0.39 is 0 Å². The van der Waals surface area contributed by atoms with Gasteiger partial charge in [-0.15, -0.1) is 0 Å². The first kappa shape index (κ1) is 14.6. The van der Waals surface area contributed by atoms with Crippen molar-refractivity contribution >= 4 is 0 Å². The van der Waals surface area contributed by atoms with Crippen LogP contribution in [0.3, 0.4) is 0 Å². The molecule has 2 rings (SSSR count). The van der Waals surface area contributed by atoms with Crippen LogP contribution in [0, 0.1) is 5.41 Å². The Morgan fingerprint density at radius 2 is 1.89 bits per heavy atom. The molecule has 0 bridgehead atoms. The molecule has 0 fully saturated rings. The van der Waals surface area contributed by atoms with Crippen LogP contribution < -0.4 is 5.32 Å². The molecule has 0 aliphatic carbocycles. The lowest BCUT2D eigenvalue weighted by Gasteiger charge is -2.29. The monoisotopic (exact) mass is 263 g/mol. The van der Waals surface area contributed by atoms with E-state index >= 15 is 0 Å². The van der Waals surface area contributed by atoms with Crippen LogP contribution in [0.15, 0.2) is 0 Å². The van der Waals surface area contributed by atoms with Crippen LogP contribution in [0.5, 0.6) is 0 Å². The van der Waals surface area contributed by atoms with Crippen molar-refractivity contribution in [3.8, 4) is 0 Å². The highest BCUT2D eigenvalue weighted by atomic mass is 15.1. The first-order chi connectivity index (χ1) is 8.74. The fourth-order valence-corrected chi connectivity index (χ4v) is 2.65. The van der Waals surface area contributed by atoms with Gasteiger partial charge in [0.15, 0.2) is 0 Å². The van der Waals surface area contributed by atoms with Gasteiger partial charge in [-0.25, -0.2) is 4.98 Å². The van der Waals surface area contributed by atoms with Crippen molar-refractivity contribution < 1.29 is 0 Å². The third-order valence-corrected chi connectivity index (χ3v) is 4.20. The second kappa shape index (κ2) is 4.93. The highest BCUT2D eigenvalue weighted by Gasteiger charge is 2.29. The summed E-state index contributed by atoms with van der Waals surface area (Å²) >= 11 is 0. The minimum Gasteiger partial charge on any atom is -0.331 e. The Morgan fingerprint density at radius 3 is 2.47 bits per heavy atom. The summed E-state index contributed by atoms with van der Waals surface area (Å²) in [4.78, 5) is 4.94. The number of hydrogen-bond acceptors (Lipinski definition) is 2. The lowest BCUT2D eigenvalue weighted by Crippen LogP contribution is -2.29. The van der Waals surface area contributed by atoms with Crippen LogP contribution in [0.4, 0.5) is 0 Å². The molecule has 1 aliphatic heterocycles. The Morgan fingerprint density at radius 1 is 1.21 bits per heavy atom. The molecule has 0 radical (unpaired) electrons. The fourth-order valence-electron chi connectivity index (χ4n) is 2.65. The number of rotatable bonds is 3. The van der Waals surface area contributed by atoms with E-state index in [-0.39, 0.29) is 5.41 Å². The quantitative estimate of drug-likeness (QED) is 0.907. The summed E-state index contributed by atoms with van der Waals surface area (Å²) in [5, 5.41) is 3.43. The number of imidazole rings is 1. The Hall–Kier alpha value is -0.830. The van der Waals surface area contributed by atoms with E-state index in [2.05, 4.69) is 51.4 Å². The third kappa shape index (κ3) is 3.02. The van der Waals surface area contributed by atoms with Gasteiger partial charge in [-0.2, -0.15) is 0 Å². The summed E-state index contributed by atoms with van der Waals surface area (Å²) in [7, 11) is 0. The minimum absolute atomic E-state index is 0.112. The summed E-state index contributed by atoms with van der Waals surface area (Å²) in [5.41, 5.74) is 3.17. The summed E-state index contributed by atoms with van der Waals surface area (Å²) in [6.45, 7) is 16.9. The number of nitrogens with one attached hydrogen (secondary N) is 1. The number of fused-ring (bicyclic) bond motifs is 1. The van der Waals surface area contributed by atoms with Gasteiger partial charge in [-0.1, -0.05) is 41.5 Å². The lowest BCUT2D eigenvalue weighted by atomic mass is 9.89. The zero-order chi connectivity index (χ0) is 14.3. The van der Waals surface area contributed by atoms with Gasteiger partial charge >= 0.3 is 0 Å². The molecule has 1 aliphatic rings. The first-order valence-electron chi connectivity index (χ1n) is 7.54. The van der Waals surface area contributed by atoms with Gasteiger partial charge in [0.1, 0.15) is 5.82 Å². The van der Waals surface area contributed by atoms with E-state index in [1.165, 1.54) is 23.6 Å². The summed E-state index contributed by atoms with van der Waals surface area (Å²) in [6, 6.07) is 0. The maximum Gasteiger partial charge on any atom is 0.114 e. The molecule has 0 spiro atoms. The fraction of sp³-hybridized carbons (Fsp3) is 0.812. The molecule has 0 aromatic carbocycles. The highest BCUT2D eigenvalue weighted by Crippen LogP contribution is 2.31. The average molecular weight is 263 g/mol. The van der Waals surface area contributed by atoms with Crippen molar-refractivity contribution in [2.24, 2.45) is 5.41 Å². The van der Waals surface area contributed by atoms with Crippen molar-refractivity contribution in [2.75, 3.05) is 6.54 Å². The summed E-state index contributed by atoms with van der Waals surface area (Å²) in [6.07, 6.45) is 2.31. The third-order valence-electron chi connectivity index (χ3n) is 4.20. The molecule has 0 atom stereocenters. The van der Waals surface area contributed by atoms with Crippen LogP contribution >= 0.6 is 0 Å². The topological polar surface area (TPSA) is 29.9 Å². The van der Waals surface area contributed by atoms with Crippen molar-refractivity contribution in [3.63, 3.8) is 0 Å². The van der Waals surface area contributed by atoms with Gasteiger partial charge < -0.3 is 9.88 Å². The zero-order valence-electron chi connectivity index (χ0n) is 13.4. The number of hydrogen-bond donors (Lipinski definition) is 1. The molecule has 0 unspecified atom stereocenters. The van der Waals surface area contributed by atoms with Crippen LogP contribution in [-0.4, -0.2) is 16.1 Å². The Balaban J connectivity index is 2.46. The lowest BCUT2D eigenvalue weighted by molar-refractivity contribution is 0.279. The molecule has 3 heteroatoms. The van der Waals surface area contributed by atoms with Crippen LogP contribution in [0.2, 0.25) is 0 Å². The van der Waals surface area contributed by atoms with Crippen LogP contribution in [0.25, 0.3) is 0 Å². The smallest absolute Gasteiger partial charge is 0.114 e. The highest BCUT2D eigenvalue weighted by molar-refractivity contribution is 5.23. The average Bonchev–Trinajstić information content (AvgIpc) is 2.68. The molecule has 3 nitrogen and oxygen atoms in total. The van der Waals surface area contributed by atoms with E-state index in [0.717, 1.165) is 26.1 Å². The van der Waals surface area contributed by atoms with Crippen molar-refractivity contribution in [1.29, 1.82) is 0 Å². The van der Waals surface area contributed by atoms with E-state index in [0.29, 0.717) is 5.41 Å². The second-order valence-corrected chi connectivity index (χ2v) is 7.61. The SMILES string of the molecule is CCC(C)(C)Cn1c(C(C)(C)C)nc2c1CCNC2. The van der Waals surface area contributed by atoms with Gasteiger partial charge in [0.25, 0.3) is 0 Å². The van der Waals surface area contributed by atoms with E-state index in [1.807, 2.05) is 0 Å². The molecule has 1 N–H and O–H groups in total. The molecule has 0 saturated heterocycles. The largest absolute Gasteiger partial charge is 0.331 e. The number of aromatic nitrogens is 2. The van der Waals surface area contributed by atoms with Crippen molar-refractivity contribution in [2.45, 2.75) is 72.9 Å². The van der Waals surface area contributed by atoms with Crippen molar-refractivity contribution in [1.82, 2.24) is 14.9 Å². The first-order valence-corrected chi connectivity index (χ1v) is 7.54. The molecule has 2 heterocycles. The Labute approximate surface area is 117 Å². The molecular weight excluding hydrogens is 234 g/mol. The van der Waals surface area contributed by atoms with Gasteiger partial charge in [0.05, 0.1) is 5.69 Å². The summed E-state index contributed by atoms with van der Waals surface area (Å²) in [5.74, 6) is 1.25. The van der Waals surface area contributed by atoms with E-state index in [4.69, 9.17) is 4.98 Å². The molecule has 108 valence electrons. The predicted molar refractivity (Wildman–Crippen MR) is 80.4 cm³/mol. The normalized spacial score (nSPS) is 16.5. The zero-order valence-corrected chi connectivity index (χ0v) is 13.4. The molecule has 1 aromatic rings.